The van der Waals surface area contributed by atoms with Gasteiger partial charge in [-0.15, -0.1) is 0 Å². The molecule has 9 nitrogen and oxygen atoms in total. The lowest BCUT2D eigenvalue weighted by molar-refractivity contribution is -0.117. The Hall–Kier alpha value is -3.27. The van der Waals surface area contributed by atoms with Crippen molar-refractivity contribution in [2.24, 2.45) is 0 Å². The Morgan fingerprint density at radius 3 is 2.50 bits per heavy atom. The molecule has 1 fully saturated rings. The fourth-order valence-electron chi connectivity index (χ4n) is 3.76. The molecule has 0 unspecified atom stereocenters. The second-order valence-corrected chi connectivity index (χ2v) is 8.32. The highest BCUT2D eigenvalue weighted by molar-refractivity contribution is 6.41. The van der Waals surface area contributed by atoms with Crippen molar-refractivity contribution in [3.63, 3.8) is 0 Å². The zero-order chi connectivity index (χ0) is 24.4. The first-order valence-corrected chi connectivity index (χ1v) is 11.0. The maximum Gasteiger partial charge on any atom is 0.256 e. The fraction of sp³-hybridized carbons (Fsp3) is 0.261. The van der Waals surface area contributed by atoms with Gasteiger partial charge in [-0.25, -0.2) is 4.98 Å². The van der Waals surface area contributed by atoms with Crippen LogP contribution in [0.4, 0.5) is 5.82 Å². The van der Waals surface area contributed by atoms with E-state index < -0.39 is 0 Å². The van der Waals surface area contributed by atoms with Gasteiger partial charge >= 0.3 is 0 Å². The summed E-state index contributed by atoms with van der Waals surface area (Å²) in [5.74, 6) is 0.893. The van der Waals surface area contributed by atoms with Crippen molar-refractivity contribution in [1.29, 1.82) is 0 Å². The SMILES string of the molecule is C=CC(=O)N[C@H]1COC[C@H]1Nc1cc2c(=O)[nH]c(-c3c(Cl)c(OC)cc(OC)c3Cl)cc2cn1. The van der Waals surface area contributed by atoms with Gasteiger partial charge in [-0.05, 0) is 18.2 Å². The van der Waals surface area contributed by atoms with Crippen LogP contribution >= 0.6 is 23.2 Å². The predicted octanol–water partition coefficient (Wildman–Crippen LogP) is 3.40. The molecule has 1 aliphatic heterocycles. The van der Waals surface area contributed by atoms with Gasteiger partial charge in [0.2, 0.25) is 5.91 Å². The summed E-state index contributed by atoms with van der Waals surface area (Å²) in [7, 11) is 2.95. The number of hydrogen-bond acceptors (Lipinski definition) is 7. The Kier molecular flexibility index (Phi) is 6.97. The number of rotatable bonds is 7. The Labute approximate surface area is 205 Å². The number of benzene rings is 1. The quantitative estimate of drug-likeness (QED) is 0.422. The van der Waals surface area contributed by atoms with Gasteiger partial charge in [-0.2, -0.15) is 0 Å². The molecule has 2 aromatic heterocycles. The monoisotopic (exact) mass is 504 g/mol. The number of ether oxygens (including phenoxy) is 3. The predicted molar refractivity (Wildman–Crippen MR) is 131 cm³/mol. The normalized spacial score (nSPS) is 17.4. The van der Waals surface area contributed by atoms with E-state index in [4.69, 9.17) is 37.4 Å². The highest BCUT2D eigenvalue weighted by Crippen LogP contribution is 2.45. The molecule has 1 amide bonds. The molecule has 3 aromatic rings. The second-order valence-electron chi connectivity index (χ2n) is 7.56. The van der Waals surface area contributed by atoms with Crippen molar-refractivity contribution in [3.8, 4) is 22.8 Å². The molecule has 11 heteroatoms. The number of carbonyl (C=O) groups is 1. The third-order valence-electron chi connectivity index (χ3n) is 5.50. The van der Waals surface area contributed by atoms with Crippen LogP contribution in [0, 0.1) is 0 Å². The molecule has 1 saturated heterocycles. The molecule has 2 atom stereocenters. The average molecular weight is 505 g/mol. The van der Waals surface area contributed by atoms with Crippen LogP contribution in [0.25, 0.3) is 22.0 Å². The van der Waals surface area contributed by atoms with E-state index in [1.807, 2.05) is 0 Å². The number of nitrogens with one attached hydrogen (secondary N) is 3. The average Bonchev–Trinajstić information content (AvgIpc) is 3.26. The Morgan fingerprint density at radius 1 is 1.18 bits per heavy atom. The summed E-state index contributed by atoms with van der Waals surface area (Å²) in [6.07, 6.45) is 2.78. The zero-order valence-electron chi connectivity index (χ0n) is 18.4. The van der Waals surface area contributed by atoms with Crippen molar-refractivity contribution in [2.75, 3.05) is 32.8 Å². The second kappa shape index (κ2) is 9.92. The van der Waals surface area contributed by atoms with Gasteiger partial charge in [-0.3, -0.25) is 9.59 Å². The minimum atomic E-state index is -0.356. The van der Waals surface area contributed by atoms with Gasteiger partial charge in [-0.1, -0.05) is 29.8 Å². The Morgan fingerprint density at radius 2 is 1.85 bits per heavy atom. The molecule has 0 radical (unpaired) electrons. The van der Waals surface area contributed by atoms with Gasteiger partial charge in [0.1, 0.15) is 17.3 Å². The first kappa shape index (κ1) is 23.9. The van der Waals surface area contributed by atoms with Crippen molar-refractivity contribution in [1.82, 2.24) is 15.3 Å². The Bertz CT molecular complexity index is 1300. The number of hydrogen-bond donors (Lipinski definition) is 3. The van der Waals surface area contributed by atoms with Crippen LogP contribution in [-0.4, -0.2) is 55.4 Å². The molecular weight excluding hydrogens is 483 g/mol. The standard InChI is InChI=1S/C23H22Cl2N4O5/c1-4-19(30)28-15-10-34-9-14(15)27-18-6-12-11(8-26-18)5-13(29-23(12)31)20-21(24)16(32-2)7-17(33-3)22(20)25/h4-8,14-15H,1,9-10H2,2-3H3,(H,26,27)(H,28,30)(H,29,31)/t14-,15+/m1/s1. The van der Waals surface area contributed by atoms with Crippen LogP contribution in [-0.2, 0) is 9.53 Å². The number of anilines is 1. The lowest BCUT2D eigenvalue weighted by Gasteiger charge is -2.20. The minimum Gasteiger partial charge on any atom is -0.495 e. The summed E-state index contributed by atoms with van der Waals surface area (Å²) >= 11 is 13.0. The molecule has 0 saturated carbocycles. The number of fused-ring (bicyclic) bond motifs is 1. The molecule has 0 bridgehead atoms. The van der Waals surface area contributed by atoms with Gasteiger partial charge in [0.25, 0.3) is 5.56 Å². The van der Waals surface area contributed by atoms with Crippen molar-refractivity contribution in [2.45, 2.75) is 12.1 Å². The maximum absolute atomic E-state index is 13.0. The number of halogens is 2. The number of amides is 1. The van der Waals surface area contributed by atoms with Crippen molar-refractivity contribution in [3.05, 3.63) is 57.4 Å². The summed E-state index contributed by atoms with van der Waals surface area (Å²) in [5, 5.41) is 7.51. The van der Waals surface area contributed by atoms with Gasteiger partial charge in [0.05, 0.1) is 60.6 Å². The third-order valence-corrected chi connectivity index (χ3v) is 6.25. The number of carbonyl (C=O) groups excluding carboxylic acids is 1. The molecular formula is C23H22Cl2N4O5. The molecule has 3 N–H and O–H groups in total. The number of aromatic nitrogens is 2. The van der Waals surface area contributed by atoms with Gasteiger partial charge in [0.15, 0.2) is 0 Å². The number of nitrogens with zero attached hydrogens (tertiary/aromatic N) is 1. The maximum atomic E-state index is 13.0. The summed E-state index contributed by atoms with van der Waals surface area (Å²) < 4.78 is 16.1. The Balaban J connectivity index is 1.69. The van der Waals surface area contributed by atoms with Crippen LogP contribution in [0.1, 0.15) is 0 Å². The molecule has 4 rings (SSSR count). The molecule has 34 heavy (non-hydrogen) atoms. The minimum absolute atomic E-state index is 0.214. The topological polar surface area (TPSA) is 115 Å². The van der Waals surface area contributed by atoms with E-state index in [9.17, 15) is 9.59 Å². The van der Waals surface area contributed by atoms with Crippen LogP contribution in [0.5, 0.6) is 11.5 Å². The van der Waals surface area contributed by atoms with E-state index in [2.05, 4.69) is 27.2 Å². The number of methoxy groups -OCH3 is 2. The molecule has 1 aliphatic rings. The van der Waals surface area contributed by atoms with Crippen LogP contribution < -0.4 is 25.7 Å². The van der Waals surface area contributed by atoms with E-state index in [1.54, 1.807) is 24.4 Å². The third kappa shape index (κ3) is 4.54. The fourth-order valence-corrected chi connectivity index (χ4v) is 4.47. The lowest BCUT2D eigenvalue weighted by Crippen LogP contribution is -2.45. The molecule has 0 spiro atoms. The van der Waals surface area contributed by atoms with Crippen LogP contribution in [0.3, 0.4) is 0 Å². The molecule has 0 aliphatic carbocycles. The first-order valence-electron chi connectivity index (χ1n) is 10.3. The number of pyridine rings is 2. The van der Waals surface area contributed by atoms with E-state index in [1.165, 1.54) is 20.3 Å². The van der Waals surface area contributed by atoms with E-state index in [-0.39, 0.29) is 33.6 Å². The smallest absolute Gasteiger partial charge is 0.256 e. The van der Waals surface area contributed by atoms with Crippen LogP contribution in [0.15, 0.2) is 41.8 Å². The zero-order valence-corrected chi connectivity index (χ0v) is 19.9. The van der Waals surface area contributed by atoms with E-state index in [0.717, 1.165) is 0 Å². The number of aromatic amines is 1. The van der Waals surface area contributed by atoms with Gasteiger partial charge < -0.3 is 29.8 Å². The molecule has 178 valence electrons. The van der Waals surface area contributed by atoms with Gasteiger partial charge in [0, 0.05) is 23.2 Å². The van der Waals surface area contributed by atoms with E-state index in [0.29, 0.717) is 52.6 Å². The van der Waals surface area contributed by atoms with Crippen molar-refractivity contribution >= 4 is 45.7 Å². The van der Waals surface area contributed by atoms with Crippen molar-refractivity contribution < 1.29 is 19.0 Å². The largest absolute Gasteiger partial charge is 0.495 e. The first-order chi connectivity index (χ1) is 16.4. The summed E-state index contributed by atoms with van der Waals surface area (Å²) in [6.45, 7) is 4.20. The molecule has 3 heterocycles. The molecule has 1 aromatic carbocycles. The summed E-state index contributed by atoms with van der Waals surface area (Å²) in [6, 6.07) is 4.47. The highest BCUT2D eigenvalue weighted by Gasteiger charge is 2.29. The lowest BCUT2D eigenvalue weighted by atomic mass is 10.1. The van der Waals surface area contributed by atoms with Crippen LogP contribution in [0.2, 0.25) is 10.0 Å². The highest BCUT2D eigenvalue weighted by atomic mass is 35.5. The number of H-pyrrole nitrogens is 1. The summed E-state index contributed by atoms with van der Waals surface area (Å²) in [5.41, 5.74) is 0.416. The summed E-state index contributed by atoms with van der Waals surface area (Å²) in [4.78, 5) is 31.9. The van der Waals surface area contributed by atoms with E-state index >= 15 is 0 Å².